The minimum Gasteiger partial charge on any atom is -0.324 e. The SMILES string of the molecule is c1csc(-c2nccn2Cc2cn3cccnc3n2)c1. The molecule has 0 saturated heterocycles. The third-order valence-corrected chi connectivity index (χ3v) is 3.94. The van der Waals surface area contributed by atoms with Gasteiger partial charge in [0.1, 0.15) is 5.82 Å². The first-order valence-electron chi connectivity index (χ1n) is 6.24. The van der Waals surface area contributed by atoms with Gasteiger partial charge in [-0.2, -0.15) is 0 Å². The fourth-order valence-corrected chi connectivity index (χ4v) is 2.93. The Morgan fingerprint density at radius 2 is 2.10 bits per heavy atom. The number of aromatic nitrogens is 5. The molecule has 0 radical (unpaired) electrons. The van der Waals surface area contributed by atoms with Gasteiger partial charge in [0.25, 0.3) is 0 Å². The molecule has 0 atom stereocenters. The van der Waals surface area contributed by atoms with Crippen molar-refractivity contribution in [2.45, 2.75) is 6.54 Å². The van der Waals surface area contributed by atoms with Crippen LogP contribution in [0.1, 0.15) is 5.69 Å². The largest absolute Gasteiger partial charge is 0.324 e. The van der Waals surface area contributed by atoms with Crippen LogP contribution in [0.2, 0.25) is 0 Å². The molecular weight excluding hydrogens is 270 g/mol. The van der Waals surface area contributed by atoms with Crippen LogP contribution in [-0.2, 0) is 6.54 Å². The van der Waals surface area contributed by atoms with E-state index in [1.807, 2.05) is 41.3 Å². The lowest BCUT2D eigenvalue weighted by atomic mass is 10.4. The van der Waals surface area contributed by atoms with Gasteiger partial charge in [-0.05, 0) is 17.5 Å². The Kier molecular flexibility index (Phi) is 2.60. The molecule has 0 aliphatic heterocycles. The summed E-state index contributed by atoms with van der Waals surface area (Å²) in [7, 11) is 0. The number of rotatable bonds is 3. The predicted molar refractivity (Wildman–Crippen MR) is 77.6 cm³/mol. The normalized spacial score (nSPS) is 11.2. The van der Waals surface area contributed by atoms with Crippen LogP contribution >= 0.6 is 11.3 Å². The molecule has 0 amide bonds. The summed E-state index contributed by atoms with van der Waals surface area (Å²) >= 11 is 1.69. The Bertz CT molecular complexity index is 810. The Hall–Kier alpha value is -2.47. The maximum absolute atomic E-state index is 4.52. The average Bonchev–Trinajstić information content (AvgIpc) is 3.18. The Morgan fingerprint density at radius 3 is 2.95 bits per heavy atom. The zero-order chi connectivity index (χ0) is 13.4. The summed E-state index contributed by atoms with van der Waals surface area (Å²) in [4.78, 5) is 14.3. The minimum atomic E-state index is 0.691. The summed E-state index contributed by atoms with van der Waals surface area (Å²) in [6.45, 7) is 0.691. The van der Waals surface area contributed by atoms with E-state index < -0.39 is 0 Å². The molecule has 0 spiro atoms. The number of nitrogens with zero attached hydrogens (tertiary/aromatic N) is 5. The molecule has 0 unspecified atom stereocenters. The van der Waals surface area contributed by atoms with Gasteiger partial charge in [0.15, 0.2) is 0 Å². The summed E-state index contributed by atoms with van der Waals surface area (Å²) in [6.07, 6.45) is 9.50. The molecular formula is C14H11N5S. The van der Waals surface area contributed by atoms with Crippen LogP contribution in [0.5, 0.6) is 0 Å². The molecule has 4 aromatic rings. The summed E-state index contributed by atoms with van der Waals surface area (Å²) in [5, 5.41) is 2.06. The number of thiophene rings is 1. The first kappa shape index (κ1) is 11.4. The molecule has 0 N–H and O–H groups in total. The molecule has 0 bridgehead atoms. The molecule has 5 nitrogen and oxygen atoms in total. The lowest BCUT2D eigenvalue weighted by Gasteiger charge is -2.03. The number of imidazole rings is 2. The van der Waals surface area contributed by atoms with Gasteiger partial charge in [0.05, 0.1) is 17.1 Å². The van der Waals surface area contributed by atoms with E-state index in [4.69, 9.17) is 0 Å². The van der Waals surface area contributed by atoms with E-state index >= 15 is 0 Å². The van der Waals surface area contributed by atoms with Crippen molar-refractivity contribution in [1.29, 1.82) is 0 Å². The minimum absolute atomic E-state index is 0.691. The number of hydrogen-bond acceptors (Lipinski definition) is 4. The second-order valence-electron chi connectivity index (χ2n) is 4.42. The van der Waals surface area contributed by atoms with Gasteiger partial charge in [-0.1, -0.05) is 6.07 Å². The molecule has 0 aliphatic carbocycles. The van der Waals surface area contributed by atoms with Crippen LogP contribution in [-0.4, -0.2) is 23.9 Å². The Balaban J connectivity index is 1.71. The first-order valence-corrected chi connectivity index (χ1v) is 7.12. The molecule has 0 fully saturated rings. The van der Waals surface area contributed by atoms with Crippen LogP contribution in [0, 0.1) is 0 Å². The third-order valence-electron chi connectivity index (χ3n) is 3.07. The van der Waals surface area contributed by atoms with Crippen molar-refractivity contribution in [2.75, 3.05) is 0 Å². The molecule has 4 heterocycles. The highest BCUT2D eigenvalue weighted by Crippen LogP contribution is 2.23. The monoisotopic (exact) mass is 281 g/mol. The van der Waals surface area contributed by atoms with Gasteiger partial charge in [0.2, 0.25) is 5.78 Å². The Labute approximate surface area is 119 Å². The summed E-state index contributed by atoms with van der Waals surface area (Å²) in [5.41, 5.74) is 0.972. The van der Waals surface area contributed by atoms with Crippen LogP contribution in [0.25, 0.3) is 16.5 Å². The first-order chi connectivity index (χ1) is 9.90. The van der Waals surface area contributed by atoms with Crippen molar-refractivity contribution in [3.63, 3.8) is 0 Å². The topological polar surface area (TPSA) is 48.0 Å². The van der Waals surface area contributed by atoms with E-state index in [1.165, 1.54) is 0 Å². The quantitative estimate of drug-likeness (QED) is 0.580. The van der Waals surface area contributed by atoms with Gasteiger partial charge in [-0.3, -0.25) is 4.40 Å². The summed E-state index contributed by atoms with van der Waals surface area (Å²) in [5.74, 6) is 1.70. The third kappa shape index (κ3) is 1.90. The van der Waals surface area contributed by atoms with Crippen molar-refractivity contribution < 1.29 is 0 Å². The highest BCUT2D eigenvalue weighted by molar-refractivity contribution is 7.13. The van der Waals surface area contributed by atoms with Crippen LogP contribution in [0.15, 0.2) is 54.6 Å². The molecule has 0 aromatic carbocycles. The number of fused-ring (bicyclic) bond motifs is 1. The van der Waals surface area contributed by atoms with Crippen molar-refractivity contribution in [3.05, 3.63) is 60.3 Å². The number of hydrogen-bond donors (Lipinski definition) is 0. The predicted octanol–water partition coefficient (Wildman–Crippen LogP) is 2.70. The standard InChI is InChI=1S/C14H11N5S/c1-3-12(20-8-1)13-15-5-7-18(13)9-11-10-19-6-2-4-16-14(19)17-11/h1-8,10H,9H2. The fourth-order valence-electron chi connectivity index (χ4n) is 2.20. The van der Waals surface area contributed by atoms with Crippen molar-refractivity contribution in [1.82, 2.24) is 23.9 Å². The smallest absolute Gasteiger partial charge is 0.233 e. The maximum atomic E-state index is 4.52. The highest BCUT2D eigenvalue weighted by atomic mass is 32.1. The molecule has 0 saturated carbocycles. The molecule has 6 heteroatoms. The molecule has 20 heavy (non-hydrogen) atoms. The van der Waals surface area contributed by atoms with E-state index in [9.17, 15) is 0 Å². The second kappa shape index (κ2) is 4.57. The second-order valence-corrected chi connectivity index (χ2v) is 5.36. The van der Waals surface area contributed by atoms with Crippen LogP contribution in [0.3, 0.4) is 0 Å². The summed E-state index contributed by atoms with van der Waals surface area (Å²) < 4.78 is 4.03. The van der Waals surface area contributed by atoms with E-state index in [0.717, 1.165) is 22.2 Å². The van der Waals surface area contributed by atoms with Gasteiger partial charge in [0, 0.05) is 31.0 Å². The molecule has 4 aromatic heterocycles. The van der Waals surface area contributed by atoms with Crippen molar-refractivity contribution >= 4 is 17.1 Å². The van der Waals surface area contributed by atoms with Gasteiger partial charge in [-0.15, -0.1) is 11.3 Å². The van der Waals surface area contributed by atoms with E-state index in [-0.39, 0.29) is 0 Å². The average molecular weight is 281 g/mol. The molecule has 98 valence electrons. The lowest BCUT2D eigenvalue weighted by Crippen LogP contribution is -2.00. The zero-order valence-electron chi connectivity index (χ0n) is 10.5. The van der Waals surface area contributed by atoms with E-state index in [1.54, 1.807) is 17.5 Å². The van der Waals surface area contributed by atoms with Crippen LogP contribution in [0.4, 0.5) is 0 Å². The van der Waals surface area contributed by atoms with E-state index in [2.05, 4.69) is 31.0 Å². The van der Waals surface area contributed by atoms with Gasteiger partial charge in [-0.25, -0.2) is 15.0 Å². The summed E-state index contributed by atoms with van der Waals surface area (Å²) in [6, 6.07) is 6.01. The molecule has 0 aliphatic rings. The van der Waals surface area contributed by atoms with Gasteiger partial charge >= 0.3 is 0 Å². The highest BCUT2D eigenvalue weighted by Gasteiger charge is 2.09. The zero-order valence-corrected chi connectivity index (χ0v) is 11.4. The fraction of sp³-hybridized carbons (Fsp3) is 0.0714. The Morgan fingerprint density at radius 1 is 1.10 bits per heavy atom. The van der Waals surface area contributed by atoms with Crippen LogP contribution < -0.4 is 0 Å². The van der Waals surface area contributed by atoms with E-state index in [0.29, 0.717) is 6.54 Å². The maximum Gasteiger partial charge on any atom is 0.233 e. The van der Waals surface area contributed by atoms with Gasteiger partial charge < -0.3 is 4.57 Å². The van der Waals surface area contributed by atoms with Crippen molar-refractivity contribution in [3.8, 4) is 10.7 Å². The van der Waals surface area contributed by atoms with Crippen molar-refractivity contribution in [2.24, 2.45) is 0 Å². The molecule has 4 rings (SSSR count). The lowest BCUT2D eigenvalue weighted by molar-refractivity contribution is 0.789.